The number of ether oxygens (including phenoxy) is 1. The number of halogens is 1. The summed E-state index contributed by atoms with van der Waals surface area (Å²) >= 11 is 6.23. The SMILES string of the molecule is C/C(=C\c1ccc(O)cc1Cl)CC[C@H]1OC[C@H]2C1=C(CO)C[C@H]1C(=O)N(c3cccc(B(O)O)c3)C(=O)[C@H]12. The maximum atomic E-state index is 13.6. The van der Waals surface area contributed by atoms with Crippen molar-refractivity contribution in [1.82, 2.24) is 0 Å². The predicted molar refractivity (Wildman–Crippen MR) is 144 cm³/mol. The summed E-state index contributed by atoms with van der Waals surface area (Å²) < 4.78 is 6.15. The molecular formula is C28H29BClNO7. The highest BCUT2D eigenvalue weighted by atomic mass is 35.5. The van der Waals surface area contributed by atoms with Crippen molar-refractivity contribution in [2.75, 3.05) is 18.1 Å². The Kier molecular flexibility index (Phi) is 7.48. The van der Waals surface area contributed by atoms with E-state index in [4.69, 9.17) is 16.3 Å². The lowest BCUT2D eigenvalue weighted by Crippen LogP contribution is -2.35. The summed E-state index contributed by atoms with van der Waals surface area (Å²) in [6.07, 6.45) is 3.31. The number of hydrogen-bond donors (Lipinski definition) is 4. The molecule has 2 fully saturated rings. The van der Waals surface area contributed by atoms with E-state index in [-0.39, 0.29) is 48.1 Å². The molecule has 0 spiro atoms. The minimum Gasteiger partial charge on any atom is -0.508 e. The van der Waals surface area contributed by atoms with Crippen molar-refractivity contribution in [3.8, 4) is 5.75 Å². The fourth-order valence-electron chi connectivity index (χ4n) is 6.03. The molecule has 38 heavy (non-hydrogen) atoms. The molecule has 0 saturated carbocycles. The van der Waals surface area contributed by atoms with Gasteiger partial charge in [0.1, 0.15) is 5.75 Å². The molecule has 1 aliphatic carbocycles. The molecule has 2 aliphatic heterocycles. The summed E-state index contributed by atoms with van der Waals surface area (Å²) in [4.78, 5) is 28.1. The van der Waals surface area contributed by atoms with E-state index in [1.54, 1.807) is 24.3 Å². The van der Waals surface area contributed by atoms with E-state index < -0.39 is 19.0 Å². The molecule has 2 amide bonds. The summed E-state index contributed by atoms with van der Waals surface area (Å²) in [6, 6.07) is 10.9. The van der Waals surface area contributed by atoms with Gasteiger partial charge >= 0.3 is 7.12 Å². The normalized spacial score (nSPS) is 25.2. The number of phenols is 1. The number of aromatic hydroxyl groups is 1. The van der Waals surface area contributed by atoms with Crippen molar-refractivity contribution in [2.24, 2.45) is 17.8 Å². The first-order chi connectivity index (χ1) is 18.2. The smallest absolute Gasteiger partial charge is 0.488 e. The topological polar surface area (TPSA) is 128 Å². The van der Waals surface area contributed by atoms with Crippen LogP contribution >= 0.6 is 11.6 Å². The van der Waals surface area contributed by atoms with Crippen LogP contribution < -0.4 is 10.4 Å². The summed E-state index contributed by atoms with van der Waals surface area (Å²) in [5.41, 5.74) is 4.03. The summed E-state index contributed by atoms with van der Waals surface area (Å²) in [6.45, 7) is 2.07. The lowest BCUT2D eigenvalue weighted by atomic mass is 9.69. The molecule has 10 heteroatoms. The molecule has 2 heterocycles. The zero-order valence-electron chi connectivity index (χ0n) is 20.9. The first kappa shape index (κ1) is 26.7. The maximum absolute atomic E-state index is 13.6. The van der Waals surface area contributed by atoms with Gasteiger partial charge in [-0.3, -0.25) is 14.5 Å². The molecule has 8 nitrogen and oxygen atoms in total. The maximum Gasteiger partial charge on any atom is 0.488 e. The summed E-state index contributed by atoms with van der Waals surface area (Å²) in [5.74, 6) is -2.06. The predicted octanol–water partition coefficient (Wildman–Crippen LogP) is 2.42. The number of aliphatic hydroxyl groups excluding tert-OH is 1. The van der Waals surface area contributed by atoms with Crippen LogP contribution in [-0.2, 0) is 14.3 Å². The van der Waals surface area contributed by atoms with E-state index in [2.05, 4.69) is 0 Å². The van der Waals surface area contributed by atoms with Crippen molar-refractivity contribution in [1.29, 1.82) is 0 Å². The van der Waals surface area contributed by atoms with Gasteiger partial charge in [0.15, 0.2) is 0 Å². The minimum atomic E-state index is -1.72. The lowest BCUT2D eigenvalue weighted by molar-refractivity contribution is -0.122. The van der Waals surface area contributed by atoms with Crippen LogP contribution in [0.5, 0.6) is 5.75 Å². The number of imide groups is 1. The second-order valence-corrected chi connectivity index (χ2v) is 10.6. The number of allylic oxidation sites excluding steroid dienone is 1. The van der Waals surface area contributed by atoms with Crippen molar-refractivity contribution >= 4 is 47.8 Å². The third-order valence-electron chi connectivity index (χ3n) is 7.81. The second-order valence-electron chi connectivity index (χ2n) is 10.2. The quantitative estimate of drug-likeness (QED) is 0.243. The second kappa shape index (κ2) is 10.7. The van der Waals surface area contributed by atoms with Crippen LogP contribution in [0.3, 0.4) is 0 Å². The van der Waals surface area contributed by atoms with Gasteiger partial charge < -0.3 is 25.0 Å². The van der Waals surface area contributed by atoms with Gasteiger partial charge in [-0.1, -0.05) is 35.4 Å². The molecule has 5 rings (SSSR count). The molecule has 0 bridgehead atoms. The van der Waals surface area contributed by atoms with E-state index in [1.807, 2.05) is 13.0 Å². The number of hydrogen-bond acceptors (Lipinski definition) is 7. The molecular weight excluding hydrogens is 509 g/mol. The Morgan fingerprint density at radius 1 is 1.16 bits per heavy atom. The van der Waals surface area contributed by atoms with Crippen LogP contribution in [0.4, 0.5) is 5.69 Å². The number of fused-ring (bicyclic) bond motifs is 3. The van der Waals surface area contributed by atoms with Gasteiger partial charge in [0.05, 0.1) is 41.9 Å². The summed E-state index contributed by atoms with van der Waals surface area (Å²) in [5, 5.41) is 39.3. The molecule has 2 saturated heterocycles. The zero-order chi connectivity index (χ0) is 27.1. The van der Waals surface area contributed by atoms with Gasteiger partial charge in [-0.15, -0.1) is 0 Å². The Balaban J connectivity index is 1.36. The lowest BCUT2D eigenvalue weighted by Gasteiger charge is -2.31. The number of aliphatic hydroxyl groups is 1. The van der Waals surface area contributed by atoms with E-state index >= 15 is 0 Å². The first-order valence-corrected chi connectivity index (χ1v) is 13.0. The molecule has 2 aromatic rings. The van der Waals surface area contributed by atoms with Crippen molar-refractivity contribution in [3.63, 3.8) is 0 Å². The fourth-order valence-corrected chi connectivity index (χ4v) is 6.26. The molecule has 3 aliphatic rings. The van der Waals surface area contributed by atoms with Gasteiger partial charge in [-0.05, 0) is 78.7 Å². The van der Waals surface area contributed by atoms with E-state index in [9.17, 15) is 29.9 Å². The number of benzene rings is 2. The minimum absolute atomic E-state index is 0.103. The standard InChI is InChI=1S/C28H29BClNO7/c1-15(9-16-6-7-20(33)12-23(16)30)5-8-24-25-17(13-32)10-21-26(22(25)14-38-24)28(35)31(27(21)34)19-4-2-3-18(11-19)29(36)37/h2-4,6-7,9,11-12,21-22,24,26,32-33,36-37H,5,8,10,13-14H2,1H3/b15-9+/t21-,22+,24-,26-/m1/s1. The van der Waals surface area contributed by atoms with Gasteiger partial charge in [0.2, 0.25) is 11.8 Å². The average Bonchev–Trinajstić information content (AvgIpc) is 3.42. The number of anilines is 1. The van der Waals surface area contributed by atoms with Gasteiger partial charge in [0.25, 0.3) is 0 Å². The Morgan fingerprint density at radius 3 is 2.66 bits per heavy atom. The molecule has 0 radical (unpaired) electrons. The Hall–Kier alpha value is -2.95. The Bertz CT molecular complexity index is 1340. The third-order valence-corrected chi connectivity index (χ3v) is 8.14. The van der Waals surface area contributed by atoms with E-state index in [0.717, 1.165) is 27.2 Å². The molecule has 198 valence electrons. The monoisotopic (exact) mass is 537 g/mol. The first-order valence-electron chi connectivity index (χ1n) is 12.6. The zero-order valence-corrected chi connectivity index (χ0v) is 21.6. The number of amides is 2. The fraction of sp³-hybridized carbons (Fsp3) is 0.357. The van der Waals surface area contributed by atoms with Gasteiger partial charge in [-0.2, -0.15) is 0 Å². The largest absolute Gasteiger partial charge is 0.508 e. The van der Waals surface area contributed by atoms with E-state index in [1.165, 1.54) is 18.2 Å². The van der Waals surface area contributed by atoms with Crippen molar-refractivity contribution in [2.45, 2.75) is 32.3 Å². The van der Waals surface area contributed by atoms with Gasteiger partial charge in [0, 0.05) is 5.92 Å². The molecule has 4 atom stereocenters. The van der Waals surface area contributed by atoms with Crippen molar-refractivity contribution < 1.29 is 34.6 Å². The molecule has 0 unspecified atom stereocenters. The van der Waals surface area contributed by atoms with Crippen LogP contribution in [0.2, 0.25) is 5.02 Å². The number of carbonyl (C=O) groups is 2. The molecule has 4 N–H and O–H groups in total. The number of rotatable bonds is 7. The van der Waals surface area contributed by atoms with Crippen LogP contribution in [0, 0.1) is 17.8 Å². The highest BCUT2D eigenvalue weighted by Crippen LogP contribution is 2.50. The average molecular weight is 538 g/mol. The van der Waals surface area contributed by atoms with Crippen LogP contribution in [0.25, 0.3) is 6.08 Å². The van der Waals surface area contributed by atoms with Crippen LogP contribution in [-0.4, -0.2) is 58.5 Å². The number of carbonyl (C=O) groups excluding carboxylic acids is 2. The Labute approximate surface area is 226 Å². The Morgan fingerprint density at radius 2 is 1.95 bits per heavy atom. The highest BCUT2D eigenvalue weighted by molar-refractivity contribution is 6.58. The van der Waals surface area contributed by atoms with Crippen LogP contribution in [0.1, 0.15) is 31.7 Å². The summed E-state index contributed by atoms with van der Waals surface area (Å²) in [7, 11) is -1.72. The van der Waals surface area contributed by atoms with E-state index in [0.29, 0.717) is 30.2 Å². The van der Waals surface area contributed by atoms with Crippen molar-refractivity contribution in [3.05, 3.63) is 69.8 Å². The number of phenolic OH excluding ortho intramolecular Hbond substituents is 1. The van der Waals surface area contributed by atoms with Crippen LogP contribution in [0.15, 0.2) is 59.2 Å². The number of nitrogens with zero attached hydrogens (tertiary/aromatic N) is 1. The molecule has 2 aromatic carbocycles. The molecule has 0 aromatic heterocycles. The van der Waals surface area contributed by atoms with Gasteiger partial charge in [-0.25, -0.2) is 0 Å². The third kappa shape index (κ3) is 4.81. The highest BCUT2D eigenvalue weighted by Gasteiger charge is 2.57.